The van der Waals surface area contributed by atoms with E-state index >= 15 is 0 Å². The molecule has 1 atom stereocenters. The normalized spacial score (nSPS) is 15.3. The zero-order valence-electron chi connectivity index (χ0n) is 20.9. The SMILES string of the molecule is NC(=O)c1cccc(-c2cc3c(OCC[C@H]4CCCCN4)c(-c4cccc(C(N)=O)c4)cnc3cc2Cl)c1. The summed E-state index contributed by atoms with van der Waals surface area (Å²) >= 11 is 6.68. The van der Waals surface area contributed by atoms with Crippen molar-refractivity contribution < 1.29 is 14.3 Å². The summed E-state index contributed by atoms with van der Waals surface area (Å²) < 4.78 is 6.49. The highest BCUT2D eigenvalue weighted by molar-refractivity contribution is 6.34. The number of pyridine rings is 1. The number of halogens is 1. The fourth-order valence-electron chi connectivity index (χ4n) is 4.93. The van der Waals surface area contributed by atoms with Gasteiger partial charge in [-0.1, -0.05) is 42.3 Å². The van der Waals surface area contributed by atoms with Gasteiger partial charge in [0.2, 0.25) is 11.8 Å². The molecule has 0 spiro atoms. The highest BCUT2D eigenvalue weighted by atomic mass is 35.5. The van der Waals surface area contributed by atoms with E-state index in [1.54, 1.807) is 48.7 Å². The number of primary amides is 2. The number of ether oxygens (including phenoxy) is 1. The second-order valence-electron chi connectivity index (χ2n) is 9.52. The van der Waals surface area contributed by atoms with Crippen LogP contribution in [0.2, 0.25) is 5.02 Å². The predicted molar refractivity (Wildman–Crippen MR) is 150 cm³/mol. The molecule has 1 aliphatic heterocycles. The number of nitrogens with one attached hydrogen (secondary N) is 1. The van der Waals surface area contributed by atoms with Crippen molar-refractivity contribution in [2.24, 2.45) is 11.5 Å². The van der Waals surface area contributed by atoms with Gasteiger partial charge in [-0.25, -0.2) is 0 Å². The molecule has 5 rings (SSSR count). The summed E-state index contributed by atoms with van der Waals surface area (Å²) in [6.45, 7) is 1.54. The number of benzene rings is 3. The minimum atomic E-state index is -0.512. The van der Waals surface area contributed by atoms with Gasteiger partial charge in [0.25, 0.3) is 0 Å². The Morgan fingerprint density at radius 1 is 0.947 bits per heavy atom. The van der Waals surface area contributed by atoms with Crippen molar-refractivity contribution in [1.29, 1.82) is 0 Å². The Bertz CT molecular complexity index is 1520. The molecule has 0 saturated carbocycles. The molecule has 0 unspecified atom stereocenters. The van der Waals surface area contributed by atoms with Crippen molar-refractivity contribution in [3.8, 4) is 28.0 Å². The number of carbonyl (C=O) groups is 2. The van der Waals surface area contributed by atoms with Gasteiger partial charge in [0, 0.05) is 39.9 Å². The minimum Gasteiger partial charge on any atom is -0.492 e. The lowest BCUT2D eigenvalue weighted by atomic mass is 9.97. The highest BCUT2D eigenvalue weighted by Gasteiger charge is 2.18. The fraction of sp³-hybridized carbons (Fsp3) is 0.233. The van der Waals surface area contributed by atoms with Gasteiger partial charge in [-0.2, -0.15) is 0 Å². The Labute approximate surface area is 226 Å². The predicted octanol–water partition coefficient (Wildman–Crippen LogP) is 5.33. The number of fused-ring (bicyclic) bond motifs is 1. The zero-order valence-corrected chi connectivity index (χ0v) is 21.6. The lowest BCUT2D eigenvalue weighted by Crippen LogP contribution is -2.35. The van der Waals surface area contributed by atoms with Crippen molar-refractivity contribution in [3.63, 3.8) is 0 Å². The summed E-state index contributed by atoms with van der Waals surface area (Å²) in [5, 5.41) is 4.83. The number of nitrogens with zero attached hydrogens (tertiary/aromatic N) is 1. The first-order valence-corrected chi connectivity index (χ1v) is 13.1. The smallest absolute Gasteiger partial charge is 0.248 e. The molecule has 38 heavy (non-hydrogen) atoms. The van der Waals surface area contributed by atoms with Gasteiger partial charge >= 0.3 is 0 Å². The summed E-state index contributed by atoms with van der Waals surface area (Å²) in [4.78, 5) is 28.3. The van der Waals surface area contributed by atoms with Crippen molar-refractivity contribution in [1.82, 2.24) is 10.3 Å². The quantitative estimate of drug-likeness (QED) is 0.285. The van der Waals surface area contributed by atoms with Crippen LogP contribution in [0.15, 0.2) is 66.9 Å². The number of nitrogens with two attached hydrogens (primary N) is 2. The lowest BCUT2D eigenvalue weighted by Gasteiger charge is -2.24. The molecular weight excluding hydrogens is 500 g/mol. The number of hydrogen-bond acceptors (Lipinski definition) is 5. The van der Waals surface area contributed by atoms with Crippen molar-refractivity contribution in [2.75, 3.05) is 13.2 Å². The molecule has 4 aromatic rings. The van der Waals surface area contributed by atoms with Crippen LogP contribution in [-0.2, 0) is 0 Å². The van der Waals surface area contributed by atoms with E-state index < -0.39 is 11.8 Å². The molecule has 5 N–H and O–H groups in total. The third-order valence-corrected chi connectivity index (χ3v) is 7.26. The van der Waals surface area contributed by atoms with E-state index in [0.717, 1.165) is 47.0 Å². The summed E-state index contributed by atoms with van der Waals surface area (Å²) in [5.74, 6) is -0.367. The Kier molecular flexibility index (Phi) is 7.58. The van der Waals surface area contributed by atoms with Crippen LogP contribution in [0.3, 0.4) is 0 Å². The zero-order chi connectivity index (χ0) is 26.6. The van der Waals surface area contributed by atoms with Crippen LogP contribution in [0.1, 0.15) is 46.4 Å². The molecule has 1 aromatic heterocycles. The summed E-state index contributed by atoms with van der Waals surface area (Å²) in [5.41, 5.74) is 15.5. The van der Waals surface area contributed by atoms with Crippen LogP contribution in [0, 0.1) is 0 Å². The lowest BCUT2D eigenvalue weighted by molar-refractivity contribution is 0.0992. The van der Waals surface area contributed by atoms with Gasteiger partial charge in [-0.15, -0.1) is 0 Å². The third kappa shape index (κ3) is 5.49. The monoisotopic (exact) mass is 528 g/mol. The Morgan fingerprint density at radius 2 is 1.63 bits per heavy atom. The number of aromatic nitrogens is 1. The van der Waals surface area contributed by atoms with Gasteiger partial charge < -0.3 is 21.5 Å². The van der Waals surface area contributed by atoms with Gasteiger partial charge in [-0.3, -0.25) is 14.6 Å². The van der Waals surface area contributed by atoms with Gasteiger partial charge in [0.15, 0.2) is 0 Å². The molecule has 194 valence electrons. The number of piperidine rings is 1. The van der Waals surface area contributed by atoms with E-state index in [1.165, 1.54) is 12.8 Å². The summed E-state index contributed by atoms with van der Waals surface area (Å²) in [6.07, 6.45) is 6.15. The first-order chi connectivity index (χ1) is 18.4. The molecule has 0 aliphatic carbocycles. The van der Waals surface area contributed by atoms with Crippen molar-refractivity contribution in [2.45, 2.75) is 31.7 Å². The summed E-state index contributed by atoms with van der Waals surface area (Å²) in [6, 6.07) is 18.3. The van der Waals surface area contributed by atoms with E-state index in [4.69, 9.17) is 27.8 Å². The van der Waals surface area contributed by atoms with Gasteiger partial charge in [0.1, 0.15) is 5.75 Å². The first-order valence-electron chi connectivity index (χ1n) is 12.7. The third-order valence-electron chi connectivity index (χ3n) is 6.95. The highest BCUT2D eigenvalue weighted by Crippen LogP contribution is 2.40. The fourth-order valence-corrected chi connectivity index (χ4v) is 5.19. The van der Waals surface area contributed by atoms with Crippen LogP contribution in [0.4, 0.5) is 0 Å². The first kappa shape index (κ1) is 25.7. The number of rotatable bonds is 8. The van der Waals surface area contributed by atoms with Gasteiger partial charge in [-0.05, 0) is 73.3 Å². The molecule has 1 saturated heterocycles. The molecular formula is C30H29ClN4O3. The van der Waals surface area contributed by atoms with Gasteiger partial charge in [0.05, 0.1) is 17.1 Å². The van der Waals surface area contributed by atoms with Crippen LogP contribution >= 0.6 is 11.6 Å². The van der Waals surface area contributed by atoms with E-state index in [2.05, 4.69) is 10.3 Å². The van der Waals surface area contributed by atoms with E-state index in [1.807, 2.05) is 18.2 Å². The molecule has 7 nitrogen and oxygen atoms in total. The average molecular weight is 529 g/mol. The van der Waals surface area contributed by atoms with Crippen LogP contribution in [0.25, 0.3) is 33.2 Å². The van der Waals surface area contributed by atoms with Crippen LogP contribution in [-0.4, -0.2) is 36.0 Å². The maximum atomic E-state index is 11.9. The Hall–Kier alpha value is -3.94. The average Bonchev–Trinajstić information content (AvgIpc) is 2.93. The number of hydrogen-bond donors (Lipinski definition) is 3. The molecule has 0 bridgehead atoms. The largest absolute Gasteiger partial charge is 0.492 e. The van der Waals surface area contributed by atoms with Crippen molar-refractivity contribution >= 4 is 34.3 Å². The topological polar surface area (TPSA) is 120 Å². The maximum absolute atomic E-state index is 11.9. The summed E-state index contributed by atoms with van der Waals surface area (Å²) in [7, 11) is 0. The molecule has 2 amide bonds. The molecule has 3 aromatic carbocycles. The molecule has 1 aliphatic rings. The van der Waals surface area contributed by atoms with Crippen molar-refractivity contribution in [3.05, 3.63) is 83.0 Å². The van der Waals surface area contributed by atoms with E-state index in [9.17, 15) is 9.59 Å². The Morgan fingerprint density at radius 3 is 2.26 bits per heavy atom. The van der Waals surface area contributed by atoms with E-state index in [0.29, 0.717) is 40.1 Å². The molecule has 1 fully saturated rings. The minimum absolute atomic E-state index is 0.394. The molecule has 2 heterocycles. The van der Waals surface area contributed by atoms with E-state index in [-0.39, 0.29) is 0 Å². The van der Waals surface area contributed by atoms with Crippen LogP contribution < -0.4 is 21.5 Å². The molecule has 8 heteroatoms. The number of carbonyl (C=O) groups excluding carboxylic acids is 2. The Balaban J connectivity index is 1.62. The maximum Gasteiger partial charge on any atom is 0.248 e. The second kappa shape index (κ2) is 11.2. The second-order valence-corrected chi connectivity index (χ2v) is 9.93. The van der Waals surface area contributed by atoms with Crippen LogP contribution in [0.5, 0.6) is 5.75 Å². The standard InChI is InChI=1S/C30H29ClN4O3/c31-26-16-27-24(15-23(26)18-5-3-7-20(13-18)29(32)36)28(38-12-10-22-9-1-2-11-34-22)25(17-35-27)19-6-4-8-21(14-19)30(33)37/h3-8,13-17,22,34H,1-2,9-12H2,(H2,32,36)(H2,33,37)/t22-/m1/s1. The molecule has 0 radical (unpaired) electrons. The number of amides is 2.